The van der Waals surface area contributed by atoms with Gasteiger partial charge in [0.15, 0.2) is 0 Å². The van der Waals surface area contributed by atoms with Crippen LogP contribution in [0.3, 0.4) is 0 Å². The van der Waals surface area contributed by atoms with E-state index in [0.29, 0.717) is 0 Å². The molecule has 1 N–H and O–H groups in total. The summed E-state index contributed by atoms with van der Waals surface area (Å²) < 4.78 is 5.35. The number of nitriles is 1. The lowest BCUT2D eigenvalue weighted by atomic mass is 9.92. The van der Waals surface area contributed by atoms with Crippen LogP contribution in [0.2, 0.25) is 0 Å². The maximum absolute atomic E-state index is 9.61. The summed E-state index contributed by atoms with van der Waals surface area (Å²) in [4.78, 5) is 2.28. The minimum Gasteiger partial charge on any atom is -0.495 e. The molecule has 1 unspecified atom stereocenters. The monoisotopic (exact) mass is 259 g/mol. The van der Waals surface area contributed by atoms with Gasteiger partial charge in [-0.15, -0.1) is 0 Å². The third-order valence-electron chi connectivity index (χ3n) is 3.76. The number of para-hydroxylation sites is 2. The predicted molar refractivity (Wildman–Crippen MR) is 76.3 cm³/mol. The molecular formula is C15H21N3O. The molecule has 1 fully saturated rings. The van der Waals surface area contributed by atoms with Crippen LogP contribution < -0.4 is 10.1 Å². The number of likely N-dealkylation sites (tertiary alicyclic amines) is 1. The molecule has 0 radical (unpaired) electrons. The summed E-state index contributed by atoms with van der Waals surface area (Å²) in [5.74, 6) is 0.787. The Hall–Kier alpha value is -1.73. The summed E-state index contributed by atoms with van der Waals surface area (Å²) in [6.07, 6.45) is 2.73. The van der Waals surface area contributed by atoms with Crippen LogP contribution in [-0.4, -0.2) is 37.7 Å². The van der Waals surface area contributed by atoms with Crippen molar-refractivity contribution in [3.63, 3.8) is 0 Å². The van der Waals surface area contributed by atoms with Gasteiger partial charge in [-0.1, -0.05) is 12.1 Å². The smallest absolute Gasteiger partial charge is 0.141 e. The third kappa shape index (κ3) is 3.18. The lowest BCUT2D eigenvalue weighted by Gasteiger charge is -2.28. The number of methoxy groups -OCH3 is 1. The highest BCUT2D eigenvalue weighted by Crippen LogP contribution is 2.31. The molecule has 0 aliphatic carbocycles. The van der Waals surface area contributed by atoms with E-state index in [1.165, 1.54) is 0 Å². The average molecular weight is 259 g/mol. The van der Waals surface area contributed by atoms with E-state index < -0.39 is 5.54 Å². The summed E-state index contributed by atoms with van der Waals surface area (Å²) in [7, 11) is 3.76. The Kier molecular flexibility index (Phi) is 4.28. The van der Waals surface area contributed by atoms with Crippen LogP contribution in [0.4, 0.5) is 5.69 Å². The first kappa shape index (κ1) is 13.7. The van der Waals surface area contributed by atoms with Gasteiger partial charge >= 0.3 is 0 Å². The number of nitrogens with one attached hydrogen (secondary N) is 1. The van der Waals surface area contributed by atoms with E-state index in [9.17, 15) is 5.26 Å². The molecule has 0 aromatic heterocycles. The van der Waals surface area contributed by atoms with Crippen molar-refractivity contribution in [2.24, 2.45) is 0 Å². The standard InChI is InChI=1S/C15H21N3O/c1-18-10-5-8-15(12-16,9-11-18)17-13-6-3-4-7-14(13)19-2/h3-4,6-7,17H,5,8-11H2,1-2H3. The van der Waals surface area contributed by atoms with Crippen LogP contribution in [0, 0.1) is 11.3 Å². The van der Waals surface area contributed by atoms with Crippen molar-refractivity contribution in [2.45, 2.75) is 24.8 Å². The van der Waals surface area contributed by atoms with Crippen molar-refractivity contribution in [3.05, 3.63) is 24.3 Å². The van der Waals surface area contributed by atoms with E-state index in [2.05, 4.69) is 23.3 Å². The third-order valence-corrected chi connectivity index (χ3v) is 3.76. The molecule has 0 amide bonds. The van der Waals surface area contributed by atoms with Gasteiger partial charge in [0, 0.05) is 6.54 Å². The molecule has 19 heavy (non-hydrogen) atoms. The second kappa shape index (κ2) is 5.94. The van der Waals surface area contributed by atoms with Gasteiger partial charge in [0.2, 0.25) is 0 Å². The summed E-state index contributed by atoms with van der Waals surface area (Å²) in [5, 5.41) is 13.0. The Balaban J connectivity index is 2.20. The number of hydrogen-bond acceptors (Lipinski definition) is 4. The van der Waals surface area contributed by atoms with E-state index in [-0.39, 0.29) is 0 Å². The van der Waals surface area contributed by atoms with Crippen LogP contribution in [0.5, 0.6) is 5.75 Å². The van der Waals surface area contributed by atoms with Gasteiger partial charge in [-0.05, 0) is 45.0 Å². The first-order valence-corrected chi connectivity index (χ1v) is 6.70. The van der Waals surface area contributed by atoms with Gasteiger partial charge in [-0.2, -0.15) is 5.26 Å². The second-order valence-electron chi connectivity index (χ2n) is 5.18. The Labute approximate surface area is 115 Å². The van der Waals surface area contributed by atoms with Gasteiger partial charge in [0.05, 0.1) is 18.9 Å². The molecule has 2 rings (SSSR count). The van der Waals surface area contributed by atoms with Crippen LogP contribution in [0.15, 0.2) is 24.3 Å². The lowest BCUT2D eigenvalue weighted by Crippen LogP contribution is -2.37. The minimum atomic E-state index is -0.487. The highest BCUT2D eigenvalue weighted by atomic mass is 16.5. The predicted octanol–water partition coefficient (Wildman–Crippen LogP) is 2.49. The van der Waals surface area contributed by atoms with Gasteiger partial charge in [0.25, 0.3) is 0 Å². The number of ether oxygens (including phenoxy) is 1. The zero-order valence-corrected chi connectivity index (χ0v) is 11.6. The summed E-state index contributed by atoms with van der Waals surface area (Å²) in [6.45, 7) is 1.99. The van der Waals surface area contributed by atoms with Gasteiger partial charge in [0.1, 0.15) is 11.3 Å². The fraction of sp³-hybridized carbons (Fsp3) is 0.533. The van der Waals surface area contributed by atoms with E-state index >= 15 is 0 Å². The molecule has 1 aromatic carbocycles. The first-order chi connectivity index (χ1) is 9.19. The Morgan fingerprint density at radius 1 is 1.32 bits per heavy atom. The average Bonchev–Trinajstić information content (AvgIpc) is 2.62. The van der Waals surface area contributed by atoms with E-state index in [1.807, 2.05) is 24.3 Å². The Morgan fingerprint density at radius 2 is 2.11 bits per heavy atom. The number of anilines is 1. The normalized spacial score (nSPS) is 24.3. The van der Waals surface area contributed by atoms with Crippen molar-refractivity contribution in [2.75, 3.05) is 32.6 Å². The summed E-state index contributed by atoms with van der Waals surface area (Å²) in [6, 6.07) is 10.3. The zero-order chi connectivity index (χ0) is 13.7. The van der Waals surface area contributed by atoms with Gasteiger partial charge in [-0.25, -0.2) is 0 Å². The lowest BCUT2D eigenvalue weighted by molar-refractivity contribution is 0.344. The minimum absolute atomic E-state index is 0.487. The quantitative estimate of drug-likeness (QED) is 0.906. The van der Waals surface area contributed by atoms with E-state index in [4.69, 9.17) is 4.74 Å². The van der Waals surface area contributed by atoms with Crippen LogP contribution in [0.25, 0.3) is 0 Å². The molecule has 4 heteroatoms. The van der Waals surface area contributed by atoms with Crippen molar-refractivity contribution in [1.82, 2.24) is 4.90 Å². The maximum atomic E-state index is 9.61. The number of nitrogens with zero attached hydrogens (tertiary/aromatic N) is 2. The molecular weight excluding hydrogens is 238 g/mol. The van der Waals surface area contributed by atoms with Crippen LogP contribution >= 0.6 is 0 Å². The van der Waals surface area contributed by atoms with Crippen molar-refractivity contribution < 1.29 is 4.74 Å². The maximum Gasteiger partial charge on any atom is 0.141 e. The van der Waals surface area contributed by atoms with Crippen LogP contribution in [0.1, 0.15) is 19.3 Å². The van der Waals surface area contributed by atoms with E-state index in [1.54, 1.807) is 7.11 Å². The molecule has 1 aromatic rings. The highest BCUT2D eigenvalue weighted by Gasteiger charge is 2.32. The van der Waals surface area contributed by atoms with Crippen molar-refractivity contribution in [1.29, 1.82) is 5.26 Å². The molecule has 1 aliphatic heterocycles. The Morgan fingerprint density at radius 3 is 2.84 bits per heavy atom. The molecule has 4 nitrogen and oxygen atoms in total. The SMILES string of the molecule is COc1ccccc1NC1(C#N)CCCN(C)CC1. The first-order valence-electron chi connectivity index (χ1n) is 6.70. The van der Waals surface area contributed by atoms with Crippen LogP contribution in [-0.2, 0) is 0 Å². The van der Waals surface area contributed by atoms with Crippen molar-refractivity contribution in [3.8, 4) is 11.8 Å². The fourth-order valence-corrected chi connectivity index (χ4v) is 2.54. The molecule has 0 spiro atoms. The van der Waals surface area contributed by atoms with E-state index in [0.717, 1.165) is 43.8 Å². The number of benzene rings is 1. The van der Waals surface area contributed by atoms with Gasteiger partial charge in [-0.3, -0.25) is 0 Å². The molecule has 1 heterocycles. The second-order valence-corrected chi connectivity index (χ2v) is 5.18. The van der Waals surface area contributed by atoms with Gasteiger partial charge < -0.3 is 15.0 Å². The molecule has 102 valence electrons. The summed E-state index contributed by atoms with van der Waals surface area (Å²) in [5.41, 5.74) is 0.412. The molecule has 0 saturated carbocycles. The largest absolute Gasteiger partial charge is 0.495 e. The summed E-state index contributed by atoms with van der Waals surface area (Å²) >= 11 is 0. The molecule has 1 saturated heterocycles. The Bertz CT molecular complexity index is 469. The zero-order valence-electron chi connectivity index (χ0n) is 11.6. The molecule has 1 aliphatic rings. The van der Waals surface area contributed by atoms with Crippen molar-refractivity contribution >= 4 is 5.69 Å². The topological polar surface area (TPSA) is 48.3 Å². The molecule has 1 atom stereocenters. The molecule has 0 bridgehead atoms. The fourth-order valence-electron chi connectivity index (χ4n) is 2.54. The number of hydrogen-bond donors (Lipinski definition) is 1. The number of rotatable bonds is 3. The highest BCUT2D eigenvalue weighted by molar-refractivity contribution is 5.58.